The van der Waals surface area contributed by atoms with Crippen molar-refractivity contribution in [1.82, 2.24) is 0 Å². The van der Waals surface area contributed by atoms with Crippen molar-refractivity contribution in [3.63, 3.8) is 0 Å². The molecule has 0 aliphatic carbocycles. The highest BCUT2D eigenvalue weighted by Gasteiger charge is 2.14. The van der Waals surface area contributed by atoms with Gasteiger partial charge in [-0.15, -0.1) is 0 Å². The van der Waals surface area contributed by atoms with Crippen LogP contribution in [0.15, 0.2) is 22.7 Å². The van der Waals surface area contributed by atoms with Gasteiger partial charge in [0.15, 0.2) is 0 Å². The molecule has 1 aromatic rings. The summed E-state index contributed by atoms with van der Waals surface area (Å²) in [5, 5.41) is 2.94. The lowest BCUT2D eigenvalue weighted by atomic mass is 9.94. The van der Waals surface area contributed by atoms with Crippen molar-refractivity contribution in [2.75, 3.05) is 11.9 Å². The van der Waals surface area contributed by atoms with E-state index in [0.29, 0.717) is 18.9 Å². The van der Waals surface area contributed by atoms with Gasteiger partial charge >= 0.3 is 0 Å². The molecule has 0 aliphatic heterocycles. The van der Waals surface area contributed by atoms with E-state index in [1.54, 1.807) is 0 Å². The molecule has 0 unspecified atom stereocenters. The van der Waals surface area contributed by atoms with Crippen LogP contribution >= 0.6 is 15.9 Å². The van der Waals surface area contributed by atoms with E-state index in [2.05, 4.69) is 35.1 Å². The van der Waals surface area contributed by atoms with E-state index < -0.39 is 0 Å². The van der Waals surface area contributed by atoms with Crippen LogP contribution in [-0.4, -0.2) is 12.5 Å². The van der Waals surface area contributed by atoms with Crippen LogP contribution in [0.25, 0.3) is 0 Å². The van der Waals surface area contributed by atoms with E-state index in [1.165, 1.54) is 0 Å². The zero-order chi connectivity index (χ0) is 14.4. The van der Waals surface area contributed by atoms with Crippen LogP contribution in [0.3, 0.4) is 0 Å². The third kappa shape index (κ3) is 6.21. The van der Waals surface area contributed by atoms with Crippen molar-refractivity contribution >= 4 is 27.5 Å². The van der Waals surface area contributed by atoms with Gasteiger partial charge in [0.2, 0.25) is 5.91 Å². The second kappa shape index (κ2) is 7.65. The minimum atomic E-state index is 0.0357. The maximum absolute atomic E-state index is 12.0. The number of rotatable bonds is 6. The van der Waals surface area contributed by atoms with Crippen LogP contribution in [0.5, 0.6) is 0 Å². The predicted octanol–water partition coefficient (Wildman–Crippen LogP) is 3.71. The Morgan fingerprint density at radius 1 is 1.37 bits per heavy atom. The molecule has 3 nitrogen and oxygen atoms in total. The van der Waals surface area contributed by atoms with Gasteiger partial charge in [-0.1, -0.05) is 29.8 Å². The van der Waals surface area contributed by atoms with E-state index in [-0.39, 0.29) is 11.8 Å². The highest BCUT2D eigenvalue weighted by molar-refractivity contribution is 9.10. The molecule has 3 N–H and O–H groups in total. The molecule has 0 spiro atoms. The van der Waals surface area contributed by atoms with Gasteiger partial charge in [-0.3, -0.25) is 4.79 Å². The van der Waals surface area contributed by atoms with Crippen molar-refractivity contribution < 1.29 is 4.79 Å². The zero-order valence-electron chi connectivity index (χ0n) is 11.9. The first-order valence-electron chi connectivity index (χ1n) is 6.67. The van der Waals surface area contributed by atoms with E-state index in [4.69, 9.17) is 5.73 Å². The average molecular weight is 327 g/mol. The van der Waals surface area contributed by atoms with E-state index in [9.17, 15) is 4.79 Å². The molecule has 4 heteroatoms. The Kier molecular flexibility index (Phi) is 6.52. The number of hydrogen-bond acceptors (Lipinski definition) is 2. The minimum absolute atomic E-state index is 0.0357. The van der Waals surface area contributed by atoms with Gasteiger partial charge in [-0.05, 0) is 55.5 Å². The standard InChI is InChI=1S/C15H23BrN2O/c1-10(2)4-12(9-17)7-15(19)18-14-6-11(3)5-13(16)8-14/h5-6,8,10,12H,4,7,9,17H2,1-3H3,(H,18,19)/t12-/m0/s1. The van der Waals surface area contributed by atoms with Crippen molar-refractivity contribution in [3.05, 3.63) is 28.2 Å². The fourth-order valence-electron chi connectivity index (χ4n) is 2.21. The molecule has 0 heterocycles. The molecule has 19 heavy (non-hydrogen) atoms. The minimum Gasteiger partial charge on any atom is -0.330 e. The van der Waals surface area contributed by atoms with Crippen LogP contribution in [-0.2, 0) is 4.79 Å². The summed E-state index contributed by atoms with van der Waals surface area (Å²) in [6.07, 6.45) is 1.47. The summed E-state index contributed by atoms with van der Waals surface area (Å²) < 4.78 is 0.973. The fourth-order valence-corrected chi connectivity index (χ4v) is 2.82. The Bertz CT molecular complexity index is 412. The van der Waals surface area contributed by atoms with Crippen LogP contribution in [0, 0.1) is 18.8 Å². The first-order chi connectivity index (χ1) is 8.90. The number of nitrogens with two attached hydrogens (primary N) is 1. The summed E-state index contributed by atoms with van der Waals surface area (Å²) in [5.74, 6) is 0.858. The highest BCUT2D eigenvalue weighted by Crippen LogP contribution is 2.20. The highest BCUT2D eigenvalue weighted by atomic mass is 79.9. The summed E-state index contributed by atoms with van der Waals surface area (Å²) in [6, 6.07) is 5.88. The molecular formula is C15H23BrN2O. The van der Waals surface area contributed by atoms with Crippen LogP contribution < -0.4 is 11.1 Å². The monoisotopic (exact) mass is 326 g/mol. The third-order valence-corrected chi connectivity index (χ3v) is 3.40. The first-order valence-corrected chi connectivity index (χ1v) is 7.47. The smallest absolute Gasteiger partial charge is 0.224 e. The van der Waals surface area contributed by atoms with Gasteiger partial charge in [-0.25, -0.2) is 0 Å². The fraction of sp³-hybridized carbons (Fsp3) is 0.533. The molecule has 1 rings (SSSR count). The molecule has 0 radical (unpaired) electrons. The molecule has 0 saturated heterocycles. The van der Waals surface area contributed by atoms with Gasteiger partial charge < -0.3 is 11.1 Å². The Balaban J connectivity index is 2.58. The quantitative estimate of drug-likeness (QED) is 0.837. The molecule has 1 aromatic carbocycles. The summed E-state index contributed by atoms with van der Waals surface area (Å²) in [7, 11) is 0. The normalized spacial score (nSPS) is 12.5. The lowest BCUT2D eigenvalue weighted by Crippen LogP contribution is -2.23. The zero-order valence-corrected chi connectivity index (χ0v) is 13.5. The molecule has 0 aromatic heterocycles. The molecule has 0 fully saturated rings. The molecule has 106 valence electrons. The third-order valence-electron chi connectivity index (χ3n) is 2.94. The Hall–Kier alpha value is -0.870. The van der Waals surface area contributed by atoms with E-state index in [0.717, 1.165) is 22.1 Å². The van der Waals surface area contributed by atoms with Gasteiger partial charge in [0.25, 0.3) is 0 Å². The number of benzene rings is 1. The number of carbonyl (C=O) groups excluding carboxylic acids is 1. The largest absolute Gasteiger partial charge is 0.330 e. The second-order valence-corrected chi connectivity index (χ2v) is 6.42. The molecule has 0 aliphatic rings. The first kappa shape index (κ1) is 16.2. The summed E-state index contributed by atoms with van der Waals surface area (Å²) in [6.45, 7) is 6.86. The lowest BCUT2D eigenvalue weighted by molar-refractivity contribution is -0.117. The van der Waals surface area contributed by atoms with E-state index in [1.807, 2.05) is 25.1 Å². The Morgan fingerprint density at radius 2 is 2.05 bits per heavy atom. The summed E-state index contributed by atoms with van der Waals surface area (Å²) >= 11 is 3.43. The Morgan fingerprint density at radius 3 is 2.58 bits per heavy atom. The van der Waals surface area contributed by atoms with Crippen molar-refractivity contribution in [3.8, 4) is 0 Å². The van der Waals surface area contributed by atoms with Crippen molar-refractivity contribution in [2.24, 2.45) is 17.6 Å². The molecular weight excluding hydrogens is 304 g/mol. The second-order valence-electron chi connectivity index (χ2n) is 5.50. The lowest BCUT2D eigenvalue weighted by Gasteiger charge is -2.16. The molecule has 1 atom stereocenters. The number of nitrogens with one attached hydrogen (secondary N) is 1. The average Bonchev–Trinajstić information content (AvgIpc) is 2.25. The van der Waals surface area contributed by atoms with Gasteiger partial charge in [0, 0.05) is 16.6 Å². The van der Waals surface area contributed by atoms with Crippen LogP contribution in [0.2, 0.25) is 0 Å². The molecule has 0 saturated carbocycles. The van der Waals surface area contributed by atoms with Gasteiger partial charge in [0.05, 0.1) is 0 Å². The van der Waals surface area contributed by atoms with Crippen LogP contribution in [0.4, 0.5) is 5.69 Å². The van der Waals surface area contributed by atoms with Gasteiger partial charge in [-0.2, -0.15) is 0 Å². The van der Waals surface area contributed by atoms with Crippen molar-refractivity contribution in [2.45, 2.75) is 33.6 Å². The van der Waals surface area contributed by atoms with Crippen molar-refractivity contribution in [1.29, 1.82) is 0 Å². The van der Waals surface area contributed by atoms with E-state index >= 15 is 0 Å². The maximum Gasteiger partial charge on any atom is 0.224 e. The summed E-state index contributed by atoms with van der Waals surface area (Å²) in [4.78, 5) is 12.0. The number of aryl methyl sites for hydroxylation is 1. The predicted molar refractivity (Wildman–Crippen MR) is 84.1 cm³/mol. The summed E-state index contributed by atoms with van der Waals surface area (Å²) in [5.41, 5.74) is 7.67. The number of anilines is 1. The molecule has 0 bridgehead atoms. The maximum atomic E-state index is 12.0. The van der Waals surface area contributed by atoms with Gasteiger partial charge in [0.1, 0.15) is 0 Å². The topological polar surface area (TPSA) is 55.1 Å². The van der Waals surface area contributed by atoms with Crippen LogP contribution in [0.1, 0.15) is 32.3 Å². The number of amides is 1. The SMILES string of the molecule is Cc1cc(Br)cc(NC(=O)C[C@@H](CN)CC(C)C)c1. The number of hydrogen-bond donors (Lipinski definition) is 2. The number of halogens is 1. The molecule has 1 amide bonds. The number of carbonyl (C=O) groups is 1. The Labute approximate surface area is 124 Å².